The Morgan fingerprint density at radius 1 is 1.06 bits per heavy atom. The monoisotopic (exact) mass is 245 g/mol. The Hall–Kier alpha value is 0.110. The maximum atomic E-state index is 11.2. The number of hydrogen-bond acceptors (Lipinski definition) is 2. The Morgan fingerprint density at radius 2 is 1.69 bits per heavy atom. The molecule has 0 aromatic rings. The van der Waals surface area contributed by atoms with Gasteiger partial charge in [0.2, 0.25) is 0 Å². The van der Waals surface area contributed by atoms with Crippen LogP contribution in [0.3, 0.4) is 0 Å². The second kappa shape index (κ2) is 9.17. The van der Waals surface area contributed by atoms with Crippen molar-refractivity contribution in [1.29, 1.82) is 0 Å². The highest BCUT2D eigenvalue weighted by atomic mass is 32.2. The van der Waals surface area contributed by atoms with Crippen LogP contribution in [-0.4, -0.2) is 28.3 Å². The molecule has 0 spiro atoms. The molecule has 1 heterocycles. The second-order valence-corrected chi connectivity index (χ2v) is 6.54. The van der Waals surface area contributed by atoms with Crippen molar-refractivity contribution in [2.24, 2.45) is 0 Å². The van der Waals surface area contributed by atoms with Gasteiger partial charge in [-0.05, 0) is 25.8 Å². The Morgan fingerprint density at radius 3 is 2.38 bits per heavy atom. The van der Waals surface area contributed by atoms with Crippen LogP contribution in [-0.2, 0) is 10.8 Å². The third kappa shape index (κ3) is 6.64. The van der Waals surface area contributed by atoms with Crippen LogP contribution in [0.2, 0.25) is 0 Å². The number of nitrogens with one attached hydrogen (secondary N) is 1. The van der Waals surface area contributed by atoms with Gasteiger partial charge >= 0.3 is 0 Å². The Labute approximate surface area is 103 Å². The van der Waals surface area contributed by atoms with Gasteiger partial charge in [-0.15, -0.1) is 0 Å². The van der Waals surface area contributed by atoms with Gasteiger partial charge in [-0.25, -0.2) is 0 Å². The van der Waals surface area contributed by atoms with E-state index in [1.54, 1.807) is 0 Å². The molecule has 1 aliphatic rings. The van der Waals surface area contributed by atoms with Crippen LogP contribution in [0.1, 0.15) is 58.3 Å². The fourth-order valence-corrected chi connectivity index (χ4v) is 3.51. The first-order chi connectivity index (χ1) is 7.83. The van der Waals surface area contributed by atoms with Crippen molar-refractivity contribution < 1.29 is 4.21 Å². The molecular weight excluding hydrogens is 218 g/mol. The van der Waals surface area contributed by atoms with E-state index in [1.807, 2.05) is 0 Å². The third-order valence-corrected chi connectivity index (χ3v) is 4.73. The van der Waals surface area contributed by atoms with E-state index in [9.17, 15) is 4.21 Å². The predicted octanol–water partition coefficient (Wildman–Crippen LogP) is 2.85. The third-order valence-electron chi connectivity index (χ3n) is 3.35. The van der Waals surface area contributed by atoms with Crippen molar-refractivity contribution >= 4 is 10.8 Å². The topological polar surface area (TPSA) is 29.1 Å². The van der Waals surface area contributed by atoms with Gasteiger partial charge in [0, 0.05) is 28.3 Å². The van der Waals surface area contributed by atoms with Crippen LogP contribution < -0.4 is 5.32 Å². The number of hydrogen-bond donors (Lipinski definition) is 1. The summed E-state index contributed by atoms with van der Waals surface area (Å²) in [5.41, 5.74) is 0. The van der Waals surface area contributed by atoms with Crippen molar-refractivity contribution in [3.8, 4) is 0 Å². The average molecular weight is 245 g/mol. The van der Waals surface area contributed by atoms with Crippen molar-refractivity contribution in [1.82, 2.24) is 5.32 Å². The number of rotatable bonds is 8. The summed E-state index contributed by atoms with van der Waals surface area (Å²) in [6.45, 7) is 3.41. The molecule has 0 aromatic heterocycles. The van der Waals surface area contributed by atoms with Crippen molar-refractivity contribution in [2.45, 2.75) is 64.3 Å². The molecule has 0 atom stereocenters. The van der Waals surface area contributed by atoms with E-state index in [0.717, 1.165) is 30.9 Å². The lowest BCUT2D eigenvalue weighted by Gasteiger charge is -2.22. The lowest BCUT2D eigenvalue weighted by atomic mass is 10.1. The molecule has 1 saturated heterocycles. The Bertz CT molecular complexity index is 186. The lowest BCUT2D eigenvalue weighted by molar-refractivity contribution is 0.461. The van der Waals surface area contributed by atoms with Crippen LogP contribution in [0.5, 0.6) is 0 Å². The molecule has 0 saturated carbocycles. The molecular formula is C13H27NOS. The second-order valence-electron chi connectivity index (χ2n) is 4.84. The quantitative estimate of drug-likeness (QED) is 0.666. The van der Waals surface area contributed by atoms with Gasteiger partial charge in [-0.3, -0.25) is 4.21 Å². The molecule has 16 heavy (non-hydrogen) atoms. The Balaban J connectivity index is 1.85. The van der Waals surface area contributed by atoms with E-state index in [2.05, 4.69) is 12.2 Å². The Kier molecular flexibility index (Phi) is 8.12. The first kappa shape index (κ1) is 14.2. The smallest absolute Gasteiger partial charge is 0.0249 e. The minimum absolute atomic E-state index is 0.514. The minimum Gasteiger partial charge on any atom is -0.314 e. The highest BCUT2D eigenvalue weighted by Crippen LogP contribution is 2.09. The molecule has 1 fully saturated rings. The molecule has 0 amide bonds. The van der Waals surface area contributed by atoms with E-state index < -0.39 is 10.8 Å². The van der Waals surface area contributed by atoms with Gasteiger partial charge in [0.1, 0.15) is 0 Å². The summed E-state index contributed by atoms with van der Waals surface area (Å²) < 4.78 is 11.2. The predicted molar refractivity (Wildman–Crippen MR) is 72.3 cm³/mol. The summed E-state index contributed by atoms with van der Waals surface area (Å²) in [7, 11) is -0.514. The lowest BCUT2D eigenvalue weighted by Crippen LogP contribution is -2.36. The molecule has 2 nitrogen and oxygen atoms in total. The molecule has 0 bridgehead atoms. The summed E-state index contributed by atoms with van der Waals surface area (Å²) in [6.07, 6.45) is 10.4. The molecule has 1 N–H and O–H groups in total. The van der Waals surface area contributed by atoms with Crippen molar-refractivity contribution in [2.75, 3.05) is 18.1 Å². The summed E-state index contributed by atoms with van der Waals surface area (Å²) >= 11 is 0. The highest BCUT2D eigenvalue weighted by molar-refractivity contribution is 7.85. The molecule has 96 valence electrons. The molecule has 0 radical (unpaired) electrons. The fourth-order valence-electron chi connectivity index (χ4n) is 2.21. The molecule has 0 unspecified atom stereocenters. The van der Waals surface area contributed by atoms with Gasteiger partial charge in [-0.2, -0.15) is 0 Å². The zero-order valence-corrected chi connectivity index (χ0v) is 11.5. The van der Waals surface area contributed by atoms with E-state index >= 15 is 0 Å². The molecule has 0 aliphatic carbocycles. The first-order valence-corrected chi connectivity index (χ1v) is 8.40. The standard InChI is InChI=1S/C13H27NOS/c1-2-3-4-5-6-7-10-14-13-8-11-16(15)12-9-13/h13-14H,2-12H2,1H3. The van der Waals surface area contributed by atoms with Crippen molar-refractivity contribution in [3.63, 3.8) is 0 Å². The summed E-state index contributed by atoms with van der Waals surface area (Å²) in [4.78, 5) is 0. The molecule has 1 rings (SSSR count). The summed E-state index contributed by atoms with van der Waals surface area (Å²) in [5, 5.41) is 3.60. The highest BCUT2D eigenvalue weighted by Gasteiger charge is 2.16. The van der Waals surface area contributed by atoms with Crippen LogP contribution in [0, 0.1) is 0 Å². The van der Waals surface area contributed by atoms with Crippen molar-refractivity contribution in [3.05, 3.63) is 0 Å². The van der Waals surface area contributed by atoms with Gasteiger partial charge < -0.3 is 5.32 Å². The van der Waals surface area contributed by atoms with E-state index in [4.69, 9.17) is 0 Å². The maximum absolute atomic E-state index is 11.2. The zero-order valence-electron chi connectivity index (χ0n) is 10.7. The van der Waals surface area contributed by atoms with Crippen LogP contribution in [0.4, 0.5) is 0 Å². The fraction of sp³-hybridized carbons (Fsp3) is 1.00. The van der Waals surface area contributed by atoms with Gasteiger partial charge in [-0.1, -0.05) is 39.0 Å². The largest absolute Gasteiger partial charge is 0.314 e. The van der Waals surface area contributed by atoms with Crippen LogP contribution in [0.15, 0.2) is 0 Å². The maximum Gasteiger partial charge on any atom is 0.0249 e. The van der Waals surface area contributed by atoms with Gasteiger partial charge in [0.25, 0.3) is 0 Å². The first-order valence-electron chi connectivity index (χ1n) is 6.91. The SMILES string of the molecule is CCCCCCCCNC1CCS(=O)CC1. The average Bonchev–Trinajstić information content (AvgIpc) is 2.30. The molecule has 1 aliphatic heterocycles. The normalized spacial score (nSPS) is 25.8. The van der Waals surface area contributed by atoms with Crippen LogP contribution >= 0.6 is 0 Å². The van der Waals surface area contributed by atoms with Gasteiger partial charge in [0.15, 0.2) is 0 Å². The minimum atomic E-state index is -0.514. The van der Waals surface area contributed by atoms with Gasteiger partial charge in [0.05, 0.1) is 0 Å². The molecule has 0 aromatic carbocycles. The molecule has 3 heteroatoms. The zero-order chi connectivity index (χ0) is 11.6. The van der Waals surface area contributed by atoms with E-state index in [0.29, 0.717) is 6.04 Å². The van der Waals surface area contributed by atoms with Crippen LogP contribution in [0.25, 0.3) is 0 Å². The van der Waals surface area contributed by atoms with E-state index in [-0.39, 0.29) is 0 Å². The summed E-state index contributed by atoms with van der Waals surface area (Å²) in [6, 6.07) is 0.647. The van der Waals surface area contributed by atoms with E-state index in [1.165, 1.54) is 38.5 Å². The number of unbranched alkanes of at least 4 members (excludes halogenated alkanes) is 5. The summed E-state index contributed by atoms with van der Waals surface area (Å²) in [5.74, 6) is 1.82.